The molecule has 214 valence electrons. The maximum atomic E-state index is 14.3. The Kier molecular flexibility index (Phi) is 6.73. The smallest absolute Gasteiger partial charge is 0.330 e. The van der Waals surface area contributed by atoms with E-state index in [1.54, 1.807) is 13.8 Å². The second-order valence-corrected chi connectivity index (χ2v) is 13.5. The number of non-ortho nitro benzene ring substituents is 1. The first-order valence-electron chi connectivity index (χ1n) is 13.3. The average molecular weight is 696 g/mol. The number of Topliss-reactive ketones (excluding diaryl/α,β-unsaturated/α-hetero) is 1. The maximum Gasteiger partial charge on any atom is 0.330 e. The summed E-state index contributed by atoms with van der Waals surface area (Å²) in [6.07, 6.45) is 0. The number of nitro benzene ring substituents is 1. The minimum atomic E-state index is -1.27. The molecule has 3 aliphatic carbocycles. The van der Waals surface area contributed by atoms with Crippen LogP contribution in [0.15, 0.2) is 72.8 Å². The molecular weight excluding hydrogens is 672 g/mol. The molecule has 4 aliphatic rings. The molecule has 2 bridgehead atoms. The third kappa shape index (κ3) is 3.79. The van der Waals surface area contributed by atoms with Crippen LogP contribution in [0.25, 0.3) is 0 Å². The lowest BCUT2D eigenvalue weighted by atomic mass is 9.54. The van der Waals surface area contributed by atoms with E-state index < -0.39 is 67.5 Å². The molecule has 1 aliphatic heterocycles. The molecule has 3 aromatic carbocycles. The van der Waals surface area contributed by atoms with Gasteiger partial charge in [-0.3, -0.25) is 29.4 Å². The first-order valence-corrected chi connectivity index (χ1v) is 14.9. The summed E-state index contributed by atoms with van der Waals surface area (Å²) in [5, 5.41) is 10.9. The first kappa shape index (κ1) is 28.4. The van der Waals surface area contributed by atoms with E-state index in [4.69, 9.17) is 4.74 Å². The molecule has 9 nitrogen and oxygen atoms in total. The molecule has 0 aromatic heterocycles. The molecule has 0 N–H and O–H groups in total. The third-order valence-electron chi connectivity index (χ3n) is 8.52. The topological polar surface area (TPSA) is 124 Å². The third-order valence-corrected chi connectivity index (χ3v) is 11.2. The predicted molar refractivity (Wildman–Crippen MR) is 158 cm³/mol. The van der Waals surface area contributed by atoms with Gasteiger partial charge in [-0.05, 0) is 40.3 Å². The highest BCUT2D eigenvalue weighted by Crippen LogP contribution is 2.70. The lowest BCUT2D eigenvalue weighted by Gasteiger charge is -2.55. The van der Waals surface area contributed by atoms with Crippen LogP contribution in [-0.4, -0.2) is 46.0 Å². The summed E-state index contributed by atoms with van der Waals surface area (Å²) in [6, 6.07) is 19.0. The van der Waals surface area contributed by atoms with Gasteiger partial charge in [0, 0.05) is 17.7 Å². The van der Waals surface area contributed by atoms with E-state index >= 15 is 0 Å². The number of ketones is 1. The summed E-state index contributed by atoms with van der Waals surface area (Å²) in [5.41, 5.74) is 3.46. The van der Waals surface area contributed by atoms with Crippen molar-refractivity contribution in [2.75, 3.05) is 6.61 Å². The van der Waals surface area contributed by atoms with Crippen molar-refractivity contribution in [1.29, 1.82) is 0 Å². The van der Waals surface area contributed by atoms with Crippen LogP contribution in [-0.2, 0) is 27.8 Å². The summed E-state index contributed by atoms with van der Waals surface area (Å²) >= 11 is 7.89. The van der Waals surface area contributed by atoms with Crippen LogP contribution in [0.1, 0.15) is 46.5 Å². The number of carbonyl (C=O) groups is 4. The average Bonchev–Trinajstić information content (AvgIpc) is 3.25. The minimum Gasteiger partial charge on any atom is -0.456 e. The number of rotatable bonds is 7. The van der Waals surface area contributed by atoms with Crippen molar-refractivity contribution >= 4 is 61.1 Å². The van der Waals surface area contributed by atoms with Crippen molar-refractivity contribution in [3.8, 4) is 0 Å². The minimum absolute atomic E-state index is 0.128. The molecule has 2 amide bonds. The molecule has 3 atom stereocenters. The summed E-state index contributed by atoms with van der Waals surface area (Å²) in [6.45, 7) is 2.77. The van der Waals surface area contributed by atoms with Crippen LogP contribution in [0.2, 0.25) is 0 Å². The SMILES string of the molecule is CC(C)[C@@H](C(=O)OCC(=O)c1ccc([N+](=O)[O-])cc1)N1C(=O)[C@@H]2[C@H](C1=O)C1(Br)c3ccccc3C2(Br)c2ccccc21. The van der Waals surface area contributed by atoms with Gasteiger partial charge in [0.05, 0.1) is 25.4 Å². The number of hydrogen-bond donors (Lipinski definition) is 0. The van der Waals surface area contributed by atoms with Gasteiger partial charge in [-0.15, -0.1) is 0 Å². The lowest BCUT2D eigenvalue weighted by Crippen LogP contribution is -2.56. The zero-order valence-electron chi connectivity index (χ0n) is 22.5. The van der Waals surface area contributed by atoms with E-state index in [0.717, 1.165) is 27.2 Å². The van der Waals surface area contributed by atoms with Gasteiger partial charge in [0.15, 0.2) is 12.4 Å². The van der Waals surface area contributed by atoms with Gasteiger partial charge in [-0.1, -0.05) is 94.2 Å². The highest BCUT2D eigenvalue weighted by atomic mass is 79.9. The summed E-state index contributed by atoms with van der Waals surface area (Å²) in [7, 11) is 0. The molecule has 0 saturated carbocycles. The number of carbonyl (C=O) groups excluding carboxylic acids is 4. The van der Waals surface area contributed by atoms with E-state index in [2.05, 4.69) is 31.9 Å². The van der Waals surface area contributed by atoms with Gasteiger partial charge in [-0.2, -0.15) is 0 Å². The van der Waals surface area contributed by atoms with E-state index in [-0.39, 0.29) is 11.3 Å². The Labute approximate surface area is 257 Å². The number of nitro groups is 1. The Morgan fingerprint density at radius 1 is 0.857 bits per heavy atom. The van der Waals surface area contributed by atoms with Gasteiger partial charge in [0.25, 0.3) is 5.69 Å². The molecule has 11 heteroatoms. The number of halogens is 2. The van der Waals surface area contributed by atoms with Crippen molar-refractivity contribution in [2.45, 2.75) is 28.5 Å². The predicted octanol–water partition coefficient (Wildman–Crippen LogP) is 5.25. The molecule has 0 unspecified atom stereocenters. The molecule has 0 spiro atoms. The van der Waals surface area contributed by atoms with Gasteiger partial charge < -0.3 is 4.74 Å². The van der Waals surface area contributed by atoms with Crippen LogP contribution in [0.3, 0.4) is 0 Å². The Morgan fingerprint density at radius 3 is 1.67 bits per heavy atom. The molecular formula is C31H24Br2N2O7. The van der Waals surface area contributed by atoms with E-state index in [1.165, 1.54) is 24.3 Å². The number of benzene rings is 3. The van der Waals surface area contributed by atoms with Gasteiger partial charge >= 0.3 is 5.97 Å². The molecule has 1 fully saturated rings. The molecule has 3 aromatic rings. The van der Waals surface area contributed by atoms with E-state index in [0.29, 0.717) is 0 Å². The van der Waals surface area contributed by atoms with Crippen LogP contribution >= 0.6 is 31.9 Å². The van der Waals surface area contributed by atoms with Crippen LogP contribution in [0.5, 0.6) is 0 Å². The first-order chi connectivity index (χ1) is 19.9. The van der Waals surface area contributed by atoms with Crippen LogP contribution in [0.4, 0.5) is 5.69 Å². The Bertz CT molecular complexity index is 1560. The largest absolute Gasteiger partial charge is 0.456 e. The second kappa shape index (κ2) is 9.95. The Morgan fingerprint density at radius 2 is 1.29 bits per heavy atom. The van der Waals surface area contributed by atoms with Gasteiger partial charge in [-0.25, -0.2) is 4.79 Å². The fraction of sp³-hybridized carbons (Fsp3) is 0.290. The standard InChI is InChI=1S/C31H24Br2N2O7/c1-16(2)26(29(39)42-15-23(36)17-11-13-18(14-12-17)35(40)41)34-27(37)24-25(28(34)38)31(33)20-8-4-3-7-19(20)30(24,32)21-9-5-6-10-22(21)31/h3-14,16,24-26H,15H2,1-2H3/t24-,25+,26-,30?,31?/m0/s1. The quantitative estimate of drug-likeness (QED) is 0.0826. The Hall–Kier alpha value is -3.70. The highest BCUT2D eigenvalue weighted by molar-refractivity contribution is 9.10. The van der Waals surface area contributed by atoms with Gasteiger partial charge in [0.1, 0.15) is 6.04 Å². The lowest BCUT2D eigenvalue weighted by molar-refractivity contribution is -0.384. The van der Waals surface area contributed by atoms with Crippen molar-refractivity contribution in [1.82, 2.24) is 4.90 Å². The fourth-order valence-corrected chi connectivity index (χ4v) is 9.02. The zero-order chi connectivity index (χ0) is 30.1. The number of ether oxygens (including phenoxy) is 1. The molecule has 42 heavy (non-hydrogen) atoms. The number of alkyl halides is 2. The fourth-order valence-electron chi connectivity index (χ4n) is 6.71. The van der Waals surface area contributed by atoms with Crippen LogP contribution in [0, 0.1) is 27.9 Å². The number of hydrogen-bond acceptors (Lipinski definition) is 7. The van der Waals surface area contributed by atoms with Crippen LogP contribution < -0.4 is 0 Å². The molecule has 1 saturated heterocycles. The maximum absolute atomic E-state index is 14.3. The molecule has 0 radical (unpaired) electrons. The second-order valence-electron chi connectivity index (χ2n) is 11.0. The van der Waals surface area contributed by atoms with Crippen molar-refractivity contribution in [3.63, 3.8) is 0 Å². The number of imide groups is 1. The monoisotopic (exact) mass is 694 g/mol. The zero-order valence-corrected chi connectivity index (χ0v) is 25.6. The molecule has 1 heterocycles. The number of nitrogens with zero attached hydrogens (tertiary/aromatic N) is 2. The number of esters is 1. The molecule has 7 rings (SSSR count). The van der Waals surface area contributed by atoms with E-state index in [1.807, 2.05) is 48.5 Å². The summed E-state index contributed by atoms with van der Waals surface area (Å²) in [5.74, 6) is -4.64. The summed E-state index contributed by atoms with van der Waals surface area (Å²) in [4.78, 5) is 66.2. The summed E-state index contributed by atoms with van der Waals surface area (Å²) < 4.78 is 3.37. The van der Waals surface area contributed by atoms with Crippen molar-refractivity contribution < 1.29 is 28.8 Å². The highest BCUT2D eigenvalue weighted by Gasteiger charge is 2.73. The van der Waals surface area contributed by atoms with Gasteiger partial charge in [0.2, 0.25) is 11.8 Å². The number of amides is 2. The Balaban J connectivity index is 1.33. The number of likely N-dealkylation sites (tertiary alicyclic amines) is 1. The van der Waals surface area contributed by atoms with Crippen molar-refractivity contribution in [3.05, 3.63) is 111 Å². The van der Waals surface area contributed by atoms with Crippen molar-refractivity contribution in [2.24, 2.45) is 17.8 Å². The normalized spacial score (nSPS) is 26.0. The van der Waals surface area contributed by atoms with E-state index in [9.17, 15) is 29.3 Å².